The fraction of sp³-hybridized carbons (Fsp3) is 0.583. The third-order valence-corrected chi connectivity index (χ3v) is 5.50. The summed E-state index contributed by atoms with van der Waals surface area (Å²) < 4.78 is 29.5. The molecule has 2 amide bonds. The Morgan fingerprint density at radius 1 is 1.31 bits per heavy atom. The summed E-state index contributed by atoms with van der Waals surface area (Å²) >= 11 is 0. The zero-order valence-electron chi connectivity index (χ0n) is 19.1. The minimum atomic E-state index is -0.624. The van der Waals surface area contributed by atoms with Crippen LogP contribution in [-0.2, 0) is 15.9 Å². The summed E-state index contributed by atoms with van der Waals surface area (Å²) in [5, 5.41) is 2.51. The van der Waals surface area contributed by atoms with E-state index < -0.39 is 11.7 Å². The van der Waals surface area contributed by atoms with Gasteiger partial charge >= 0.3 is 6.09 Å². The van der Waals surface area contributed by atoms with E-state index in [9.17, 15) is 14.0 Å². The lowest BCUT2D eigenvalue weighted by atomic mass is 9.95. The number of nitrogens with zero attached hydrogens (tertiary/aromatic N) is 1. The monoisotopic (exact) mass is 448 g/mol. The van der Waals surface area contributed by atoms with Crippen molar-refractivity contribution in [3.8, 4) is 5.75 Å². The van der Waals surface area contributed by atoms with E-state index in [0.29, 0.717) is 30.1 Å². The van der Waals surface area contributed by atoms with Crippen LogP contribution in [0, 0.1) is 5.92 Å². The Kier molecular flexibility index (Phi) is 8.12. The summed E-state index contributed by atoms with van der Waals surface area (Å²) in [5.74, 6) is 1.11. The summed E-state index contributed by atoms with van der Waals surface area (Å²) in [6.07, 6.45) is 2.56. The van der Waals surface area contributed by atoms with E-state index in [-0.39, 0.29) is 24.6 Å². The van der Waals surface area contributed by atoms with Crippen molar-refractivity contribution in [2.45, 2.75) is 45.6 Å². The lowest BCUT2D eigenvalue weighted by Gasteiger charge is -2.33. The van der Waals surface area contributed by atoms with Crippen LogP contribution in [0.5, 0.6) is 5.75 Å². The Morgan fingerprint density at radius 3 is 2.75 bits per heavy atom. The van der Waals surface area contributed by atoms with Crippen LogP contribution >= 0.6 is 0 Å². The van der Waals surface area contributed by atoms with Gasteiger partial charge in [0.1, 0.15) is 18.0 Å². The molecule has 1 aromatic rings. The van der Waals surface area contributed by atoms with Gasteiger partial charge in [0.2, 0.25) is 0 Å². The van der Waals surface area contributed by atoms with E-state index in [4.69, 9.17) is 14.2 Å². The SMILES string of the molecule is CC(C)(C)OC(=O)NC/C(=C\F)COc1ccc2c(c1)CCN(CC1CCOCC1)C2=O. The highest BCUT2D eigenvalue weighted by Gasteiger charge is 2.27. The molecule has 176 valence electrons. The molecule has 0 aromatic heterocycles. The molecule has 0 spiro atoms. The number of nitrogens with one attached hydrogen (secondary N) is 1. The number of alkyl carbamates (subject to hydrolysis) is 1. The minimum Gasteiger partial charge on any atom is -0.489 e. The lowest BCUT2D eigenvalue weighted by Crippen LogP contribution is -2.41. The molecule has 32 heavy (non-hydrogen) atoms. The molecule has 1 aromatic carbocycles. The molecule has 0 bridgehead atoms. The van der Waals surface area contributed by atoms with Crippen molar-refractivity contribution in [3.63, 3.8) is 0 Å². The van der Waals surface area contributed by atoms with Gasteiger partial charge in [0.05, 0.1) is 6.33 Å². The third kappa shape index (κ3) is 6.95. The molecule has 0 radical (unpaired) electrons. The third-order valence-electron chi connectivity index (χ3n) is 5.50. The standard InChI is InChI=1S/C24H33FN2O5/c1-24(2,3)32-23(29)26-14-18(13-25)16-31-20-4-5-21-19(12-20)6-9-27(22(21)28)15-17-7-10-30-11-8-17/h4-5,12-13,17H,6-11,14-16H2,1-3H3,(H,26,29)/b18-13+. The van der Waals surface area contributed by atoms with Gasteiger partial charge in [-0.05, 0) is 69.7 Å². The van der Waals surface area contributed by atoms with Gasteiger partial charge in [-0.3, -0.25) is 4.79 Å². The number of benzene rings is 1. The quantitative estimate of drug-likeness (QED) is 0.685. The molecule has 0 aliphatic carbocycles. The Balaban J connectivity index is 1.51. The van der Waals surface area contributed by atoms with Crippen LogP contribution in [0.15, 0.2) is 30.1 Å². The zero-order chi connectivity index (χ0) is 23.1. The molecule has 1 fully saturated rings. The molecule has 0 unspecified atom stereocenters. The van der Waals surface area contributed by atoms with Crippen molar-refractivity contribution in [2.24, 2.45) is 5.92 Å². The van der Waals surface area contributed by atoms with Crippen molar-refractivity contribution in [3.05, 3.63) is 41.2 Å². The molecule has 0 atom stereocenters. The number of amides is 2. The molecule has 2 aliphatic heterocycles. The number of rotatable bonds is 7. The highest BCUT2D eigenvalue weighted by Crippen LogP contribution is 2.26. The maximum atomic E-state index is 13.2. The zero-order valence-corrected chi connectivity index (χ0v) is 19.1. The number of hydrogen-bond donors (Lipinski definition) is 1. The molecular weight excluding hydrogens is 415 g/mol. The first-order valence-corrected chi connectivity index (χ1v) is 11.1. The lowest BCUT2D eigenvalue weighted by molar-refractivity contribution is 0.0449. The van der Waals surface area contributed by atoms with E-state index in [0.717, 1.165) is 44.6 Å². The Labute approximate surface area is 188 Å². The van der Waals surface area contributed by atoms with Crippen molar-refractivity contribution in [2.75, 3.05) is 39.5 Å². The van der Waals surface area contributed by atoms with E-state index in [1.807, 2.05) is 11.0 Å². The van der Waals surface area contributed by atoms with Crippen molar-refractivity contribution in [1.29, 1.82) is 0 Å². The van der Waals surface area contributed by atoms with E-state index in [1.54, 1.807) is 32.9 Å². The fourth-order valence-electron chi connectivity index (χ4n) is 3.81. The number of ether oxygens (including phenoxy) is 3. The largest absolute Gasteiger partial charge is 0.489 e. The first-order chi connectivity index (χ1) is 15.2. The van der Waals surface area contributed by atoms with E-state index >= 15 is 0 Å². The van der Waals surface area contributed by atoms with E-state index in [2.05, 4.69) is 5.32 Å². The van der Waals surface area contributed by atoms with Gasteiger partial charge in [0.25, 0.3) is 5.91 Å². The van der Waals surface area contributed by atoms with Crippen LogP contribution < -0.4 is 10.1 Å². The second kappa shape index (κ2) is 10.8. The summed E-state index contributed by atoms with van der Waals surface area (Å²) in [7, 11) is 0. The van der Waals surface area contributed by atoms with Crippen LogP contribution in [0.3, 0.4) is 0 Å². The van der Waals surface area contributed by atoms with E-state index in [1.165, 1.54) is 0 Å². The van der Waals surface area contributed by atoms with Crippen LogP contribution in [0.25, 0.3) is 0 Å². The Hall–Kier alpha value is -2.61. The molecule has 0 saturated carbocycles. The Morgan fingerprint density at radius 2 is 2.06 bits per heavy atom. The molecule has 2 heterocycles. The maximum Gasteiger partial charge on any atom is 0.407 e. The minimum absolute atomic E-state index is 0.0179. The van der Waals surface area contributed by atoms with Crippen LogP contribution in [0.2, 0.25) is 0 Å². The summed E-state index contributed by atoms with van der Waals surface area (Å²) in [6.45, 7) is 8.23. The highest BCUT2D eigenvalue weighted by molar-refractivity contribution is 5.97. The molecule has 7 nitrogen and oxygen atoms in total. The molecule has 1 N–H and O–H groups in total. The average Bonchev–Trinajstić information content (AvgIpc) is 2.75. The van der Waals surface area contributed by atoms with Gasteiger partial charge in [0, 0.05) is 44.0 Å². The summed E-state index contributed by atoms with van der Waals surface area (Å²) in [6, 6.07) is 5.35. The highest BCUT2D eigenvalue weighted by atomic mass is 19.1. The van der Waals surface area contributed by atoms with Crippen molar-refractivity contribution < 1.29 is 28.2 Å². The number of carbonyl (C=O) groups is 2. The van der Waals surface area contributed by atoms with Crippen molar-refractivity contribution in [1.82, 2.24) is 10.2 Å². The molecule has 1 saturated heterocycles. The topological polar surface area (TPSA) is 77.1 Å². The van der Waals surface area contributed by atoms with Crippen molar-refractivity contribution >= 4 is 12.0 Å². The van der Waals surface area contributed by atoms with Gasteiger partial charge in [-0.2, -0.15) is 0 Å². The predicted molar refractivity (Wildman–Crippen MR) is 119 cm³/mol. The first kappa shape index (κ1) is 24.0. The van der Waals surface area contributed by atoms with Crippen LogP contribution in [0.4, 0.5) is 9.18 Å². The maximum absolute atomic E-state index is 13.2. The van der Waals surface area contributed by atoms with Gasteiger partial charge in [-0.15, -0.1) is 0 Å². The average molecular weight is 449 g/mol. The molecule has 2 aliphatic rings. The van der Waals surface area contributed by atoms with Gasteiger partial charge in [-0.1, -0.05) is 0 Å². The molecule has 3 rings (SSSR count). The summed E-state index contributed by atoms with van der Waals surface area (Å²) in [4.78, 5) is 26.6. The molecule has 8 heteroatoms. The number of halogens is 1. The second-order valence-electron chi connectivity index (χ2n) is 9.29. The number of hydrogen-bond acceptors (Lipinski definition) is 5. The first-order valence-electron chi connectivity index (χ1n) is 11.1. The Bertz CT molecular complexity index is 843. The molecular formula is C24H33FN2O5. The van der Waals surface area contributed by atoms with Gasteiger partial charge in [0.15, 0.2) is 0 Å². The normalized spacial score (nSPS) is 17.7. The van der Waals surface area contributed by atoms with Gasteiger partial charge in [-0.25, -0.2) is 9.18 Å². The predicted octanol–water partition coefficient (Wildman–Crippen LogP) is 3.87. The van der Waals surface area contributed by atoms with Crippen LogP contribution in [0.1, 0.15) is 49.5 Å². The summed E-state index contributed by atoms with van der Waals surface area (Å²) in [5.41, 5.74) is 1.28. The smallest absolute Gasteiger partial charge is 0.407 e. The fourth-order valence-corrected chi connectivity index (χ4v) is 3.81. The van der Waals surface area contributed by atoms with Crippen LogP contribution in [-0.4, -0.2) is 62.0 Å². The number of fused-ring (bicyclic) bond motifs is 1. The van der Waals surface area contributed by atoms with Gasteiger partial charge < -0.3 is 24.4 Å². The second-order valence-corrected chi connectivity index (χ2v) is 9.29. The number of carbonyl (C=O) groups excluding carboxylic acids is 2.